The lowest BCUT2D eigenvalue weighted by molar-refractivity contribution is 0.0788. The van der Waals surface area contributed by atoms with E-state index in [4.69, 9.17) is 4.74 Å². The highest BCUT2D eigenvalue weighted by atomic mass is 32.1. The van der Waals surface area contributed by atoms with Crippen molar-refractivity contribution >= 4 is 17.2 Å². The molecule has 0 N–H and O–H groups in total. The largest absolute Gasteiger partial charge is 0.489 e. The van der Waals surface area contributed by atoms with Gasteiger partial charge in [0.1, 0.15) is 34.7 Å². The van der Waals surface area contributed by atoms with E-state index in [1.165, 1.54) is 23.5 Å². The van der Waals surface area contributed by atoms with E-state index >= 15 is 0 Å². The standard InChI is InChI=1S/C21H18F2N2O2S/c22-16-6-3-15(18(23)11-16)12-27-17-7-4-14(5-8-17)20-24-19(13-28-20)21(26)25-9-1-2-10-25/h3-8,11,13H,1-2,9-10,12H2. The number of carbonyl (C=O) groups excluding carboxylic acids is 1. The van der Waals surface area contributed by atoms with E-state index in [0.717, 1.165) is 42.6 Å². The van der Waals surface area contributed by atoms with E-state index in [1.807, 2.05) is 17.0 Å². The first-order valence-corrected chi connectivity index (χ1v) is 9.90. The van der Waals surface area contributed by atoms with Crippen molar-refractivity contribution in [3.63, 3.8) is 0 Å². The molecule has 1 aromatic heterocycles. The number of nitrogens with zero attached hydrogens (tertiary/aromatic N) is 2. The second-order valence-electron chi connectivity index (χ2n) is 6.59. The Morgan fingerprint density at radius 2 is 1.86 bits per heavy atom. The number of thiazole rings is 1. The lowest BCUT2D eigenvalue weighted by Crippen LogP contribution is -2.27. The van der Waals surface area contributed by atoms with Crippen LogP contribution in [0.3, 0.4) is 0 Å². The lowest BCUT2D eigenvalue weighted by Gasteiger charge is -2.12. The minimum Gasteiger partial charge on any atom is -0.489 e. The maximum Gasteiger partial charge on any atom is 0.273 e. The van der Waals surface area contributed by atoms with Crippen molar-refractivity contribution in [1.29, 1.82) is 0 Å². The summed E-state index contributed by atoms with van der Waals surface area (Å²) >= 11 is 1.42. The molecule has 0 radical (unpaired) electrons. The Morgan fingerprint density at radius 3 is 2.57 bits per heavy atom. The highest BCUT2D eigenvalue weighted by molar-refractivity contribution is 7.13. The Bertz CT molecular complexity index is 982. The number of benzene rings is 2. The van der Waals surface area contributed by atoms with Gasteiger partial charge in [0.25, 0.3) is 5.91 Å². The molecule has 1 aliphatic heterocycles. The minimum atomic E-state index is -0.630. The molecule has 1 fully saturated rings. The van der Waals surface area contributed by atoms with Crippen molar-refractivity contribution in [2.75, 3.05) is 13.1 Å². The third-order valence-corrected chi connectivity index (χ3v) is 5.52. The van der Waals surface area contributed by atoms with Gasteiger partial charge in [0.2, 0.25) is 0 Å². The number of ether oxygens (including phenoxy) is 1. The van der Waals surface area contributed by atoms with Crippen molar-refractivity contribution < 1.29 is 18.3 Å². The van der Waals surface area contributed by atoms with Gasteiger partial charge in [0.15, 0.2) is 0 Å². The monoisotopic (exact) mass is 400 g/mol. The van der Waals surface area contributed by atoms with Gasteiger partial charge in [0, 0.05) is 35.7 Å². The topological polar surface area (TPSA) is 42.4 Å². The smallest absolute Gasteiger partial charge is 0.273 e. The molecule has 1 saturated heterocycles. The molecule has 144 valence electrons. The third-order valence-electron chi connectivity index (χ3n) is 4.63. The molecule has 1 amide bonds. The quantitative estimate of drug-likeness (QED) is 0.612. The summed E-state index contributed by atoms with van der Waals surface area (Å²) in [6.07, 6.45) is 2.10. The maximum absolute atomic E-state index is 13.7. The van der Waals surface area contributed by atoms with E-state index in [1.54, 1.807) is 17.5 Å². The van der Waals surface area contributed by atoms with E-state index in [9.17, 15) is 13.6 Å². The minimum absolute atomic E-state index is 0.0111. The predicted octanol–water partition coefficient (Wildman–Crippen LogP) is 4.90. The highest BCUT2D eigenvalue weighted by Crippen LogP contribution is 2.27. The Balaban J connectivity index is 1.41. The van der Waals surface area contributed by atoms with Crippen LogP contribution in [0.5, 0.6) is 5.75 Å². The number of amides is 1. The van der Waals surface area contributed by atoms with Gasteiger partial charge in [0.05, 0.1) is 0 Å². The van der Waals surface area contributed by atoms with Crippen molar-refractivity contribution in [2.24, 2.45) is 0 Å². The summed E-state index contributed by atoms with van der Waals surface area (Å²) in [5.41, 5.74) is 1.65. The summed E-state index contributed by atoms with van der Waals surface area (Å²) in [5.74, 6) is -0.690. The fraction of sp³-hybridized carbons (Fsp3) is 0.238. The van der Waals surface area contributed by atoms with E-state index in [-0.39, 0.29) is 18.1 Å². The van der Waals surface area contributed by atoms with E-state index in [0.29, 0.717) is 11.4 Å². The highest BCUT2D eigenvalue weighted by Gasteiger charge is 2.21. The first-order valence-electron chi connectivity index (χ1n) is 9.02. The molecule has 3 aromatic rings. The number of rotatable bonds is 5. The number of likely N-dealkylation sites (tertiary alicyclic amines) is 1. The Labute approximate surface area is 165 Å². The third kappa shape index (κ3) is 4.04. The molecule has 28 heavy (non-hydrogen) atoms. The van der Waals surface area contributed by atoms with Gasteiger partial charge in [-0.25, -0.2) is 13.8 Å². The summed E-state index contributed by atoms with van der Waals surface area (Å²) in [7, 11) is 0. The van der Waals surface area contributed by atoms with Crippen LogP contribution < -0.4 is 4.74 Å². The first-order chi connectivity index (χ1) is 13.6. The second-order valence-corrected chi connectivity index (χ2v) is 7.44. The Morgan fingerprint density at radius 1 is 1.11 bits per heavy atom. The predicted molar refractivity (Wildman–Crippen MR) is 103 cm³/mol. The average Bonchev–Trinajstić information content (AvgIpc) is 3.40. The van der Waals surface area contributed by atoms with Crippen LogP contribution >= 0.6 is 11.3 Å². The van der Waals surface area contributed by atoms with Gasteiger partial charge in [-0.1, -0.05) is 0 Å². The van der Waals surface area contributed by atoms with Crippen LogP contribution in [0.1, 0.15) is 28.9 Å². The SMILES string of the molecule is O=C(c1csc(-c2ccc(OCc3ccc(F)cc3F)cc2)n1)N1CCCC1. The first kappa shape index (κ1) is 18.6. The number of carbonyl (C=O) groups is 1. The van der Waals surface area contributed by atoms with Gasteiger partial charge >= 0.3 is 0 Å². The lowest BCUT2D eigenvalue weighted by atomic mass is 10.2. The fourth-order valence-electron chi connectivity index (χ4n) is 3.08. The number of hydrogen-bond acceptors (Lipinski definition) is 4. The molecule has 2 heterocycles. The molecule has 0 saturated carbocycles. The zero-order chi connectivity index (χ0) is 19.5. The molecule has 7 heteroatoms. The van der Waals surface area contributed by atoms with Crippen LogP contribution in [0.4, 0.5) is 8.78 Å². The normalized spacial score (nSPS) is 13.7. The molecule has 1 aliphatic rings. The number of halogens is 2. The average molecular weight is 400 g/mol. The Hall–Kier alpha value is -2.80. The fourth-order valence-corrected chi connectivity index (χ4v) is 3.88. The van der Waals surface area contributed by atoms with Crippen LogP contribution in [-0.4, -0.2) is 28.9 Å². The maximum atomic E-state index is 13.7. The van der Waals surface area contributed by atoms with Gasteiger partial charge in [-0.3, -0.25) is 4.79 Å². The molecule has 0 unspecified atom stereocenters. The Kier molecular flexibility index (Phi) is 5.34. The molecule has 0 aliphatic carbocycles. The van der Waals surface area contributed by atoms with E-state index < -0.39 is 11.6 Å². The van der Waals surface area contributed by atoms with Crippen molar-refractivity contribution in [3.05, 3.63) is 70.7 Å². The number of aromatic nitrogens is 1. The molecule has 4 rings (SSSR count). The molecule has 0 bridgehead atoms. The van der Waals surface area contributed by atoms with Crippen molar-refractivity contribution in [2.45, 2.75) is 19.4 Å². The summed E-state index contributed by atoms with van der Waals surface area (Å²) < 4.78 is 32.2. The second kappa shape index (κ2) is 8.06. The van der Waals surface area contributed by atoms with Crippen LogP contribution in [-0.2, 0) is 6.61 Å². The number of hydrogen-bond donors (Lipinski definition) is 0. The molecule has 4 nitrogen and oxygen atoms in total. The molecule has 2 aromatic carbocycles. The van der Waals surface area contributed by atoms with Crippen molar-refractivity contribution in [1.82, 2.24) is 9.88 Å². The van der Waals surface area contributed by atoms with Crippen LogP contribution in [0.2, 0.25) is 0 Å². The van der Waals surface area contributed by atoms with E-state index in [2.05, 4.69) is 4.98 Å². The summed E-state index contributed by atoms with van der Waals surface area (Å²) in [4.78, 5) is 18.7. The zero-order valence-corrected chi connectivity index (χ0v) is 15.8. The molecule has 0 spiro atoms. The summed E-state index contributed by atoms with van der Waals surface area (Å²) in [5, 5.41) is 2.55. The van der Waals surface area contributed by atoms with Gasteiger partial charge < -0.3 is 9.64 Å². The van der Waals surface area contributed by atoms with Gasteiger partial charge in [-0.2, -0.15) is 0 Å². The van der Waals surface area contributed by atoms with Crippen LogP contribution in [0, 0.1) is 11.6 Å². The summed E-state index contributed by atoms with van der Waals surface area (Å²) in [6.45, 7) is 1.61. The zero-order valence-electron chi connectivity index (χ0n) is 15.0. The van der Waals surface area contributed by atoms with Crippen molar-refractivity contribution in [3.8, 4) is 16.3 Å². The van der Waals surface area contributed by atoms with Gasteiger partial charge in [-0.15, -0.1) is 11.3 Å². The molecular formula is C21H18F2N2O2S. The molecule has 0 atom stereocenters. The molecular weight excluding hydrogens is 382 g/mol. The van der Waals surface area contributed by atoms with Crippen LogP contribution in [0.25, 0.3) is 10.6 Å². The van der Waals surface area contributed by atoms with Crippen LogP contribution in [0.15, 0.2) is 47.8 Å². The van der Waals surface area contributed by atoms with Gasteiger partial charge in [-0.05, 0) is 49.2 Å². The summed E-state index contributed by atoms with van der Waals surface area (Å²) in [6, 6.07) is 10.6.